The van der Waals surface area contributed by atoms with Gasteiger partial charge in [-0.1, -0.05) is 12.1 Å². The predicted octanol–water partition coefficient (Wildman–Crippen LogP) is -0.937. The molecule has 0 unspecified atom stereocenters. The molecule has 2 heterocycles. The Hall–Kier alpha value is -2.34. The molecule has 0 bridgehead atoms. The molecule has 0 amide bonds. The topological polar surface area (TPSA) is 67.0 Å². The van der Waals surface area contributed by atoms with Gasteiger partial charge in [0.2, 0.25) is 0 Å². The van der Waals surface area contributed by atoms with E-state index < -0.39 is 5.97 Å². The molecule has 5 nitrogen and oxygen atoms in total. The molecule has 0 radical (unpaired) electrons. The van der Waals surface area contributed by atoms with Crippen molar-refractivity contribution in [2.24, 2.45) is 0 Å². The van der Waals surface area contributed by atoms with E-state index in [9.17, 15) is 4.79 Å². The van der Waals surface area contributed by atoms with Gasteiger partial charge in [0.1, 0.15) is 6.42 Å². The highest BCUT2D eigenvalue weighted by Crippen LogP contribution is 2.17. The van der Waals surface area contributed by atoms with Crippen molar-refractivity contribution < 1.29 is 31.4 Å². The largest absolute Gasteiger partial charge is 1.00 e. The minimum Gasteiger partial charge on any atom is -1.00 e. The van der Waals surface area contributed by atoms with Crippen molar-refractivity contribution >= 4 is 17.0 Å². The van der Waals surface area contributed by atoms with Crippen molar-refractivity contribution in [1.82, 2.24) is 9.97 Å². The Labute approximate surface area is 138 Å². The highest BCUT2D eigenvalue weighted by atomic mass is 79.9. The molecule has 0 atom stereocenters. The van der Waals surface area contributed by atoms with Crippen LogP contribution in [-0.2, 0) is 11.3 Å². The maximum Gasteiger partial charge on any atom is 0.309 e. The minimum atomic E-state index is -0.799. The van der Waals surface area contributed by atoms with Gasteiger partial charge in [0, 0.05) is 17.7 Å². The molecule has 3 rings (SSSR count). The molecular weight excluding hydrogens is 346 g/mol. The number of benzene rings is 1. The van der Waals surface area contributed by atoms with Gasteiger partial charge in [-0.15, -0.1) is 0 Å². The van der Waals surface area contributed by atoms with E-state index in [-0.39, 0.29) is 23.4 Å². The zero-order chi connectivity index (χ0) is 14.7. The summed E-state index contributed by atoms with van der Waals surface area (Å²) in [4.78, 5) is 19.5. The van der Waals surface area contributed by atoms with Crippen LogP contribution in [0.1, 0.15) is 6.42 Å². The van der Waals surface area contributed by atoms with Crippen molar-refractivity contribution in [2.45, 2.75) is 13.0 Å². The normalized spacial score (nSPS) is 10.2. The van der Waals surface area contributed by atoms with Gasteiger partial charge in [-0.2, -0.15) is 0 Å². The Morgan fingerprint density at radius 1 is 1.09 bits per heavy atom. The number of hydrogen-bond acceptors (Lipinski definition) is 3. The fourth-order valence-electron chi connectivity index (χ4n) is 2.10. The fraction of sp³-hybridized carbons (Fsp3) is 0.125. The predicted molar refractivity (Wildman–Crippen MR) is 77.4 cm³/mol. The van der Waals surface area contributed by atoms with Gasteiger partial charge >= 0.3 is 5.97 Å². The molecule has 0 fully saturated rings. The van der Waals surface area contributed by atoms with Crippen LogP contribution < -0.4 is 21.5 Å². The Balaban J connectivity index is 0.00000176. The maximum absolute atomic E-state index is 10.6. The van der Waals surface area contributed by atoms with Crippen LogP contribution in [0.5, 0.6) is 0 Å². The van der Waals surface area contributed by atoms with Gasteiger partial charge in [-0.3, -0.25) is 9.78 Å². The number of fused-ring (bicyclic) bond motifs is 1. The number of rotatable bonds is 4. The van der Waals surface area contributed by atoms with Crippen molar-refractivity contribution in [3.8, 4) is 11.3 Å². The van der Waals surface area contributed by atoms with E-state index in [2.05, 4.69) is 9.97 Å². The number of carbonyl (C=O) groups is 1. The number of carboxylic acid groups (broad SMARTS) is 1. The van der Waals surface area contributed by atoms with Crippen LogP contribution >= 0.6 is 0 Å². The van der Waals surface area contributed by atoms with Crippen LogP contribution in [0, 0.1) is 0 Å². The van der Waals surface area contributed by atoms with E-state index >= 15 is 0 Å². The highest BCUT2D eigenvalue weighted by Gasteiger charge is 2.07. The molecule has 1 N–H and O–H groups in total. The van der Waals surface area contributed by atoms with Gasteiger partial charge in [0.05, 0.1) is 22.9 Å². The standard InChI is InChI=1S/C16H13N3O2.BrH/c20-16(21)7-10-19-8-5-12(6-9-19)15-11-17-13-3-1-2-4-14(13)18-15;/h1-6,8-9,11H,7,10H2;1H. The van der Waals surface area contributed by atoms with Crippen LogP contribution in [0.25, 0.3) is 22.3 Å². The molecule has 0 saturated carbocycles. The second-order valence-electron chi connectivity index (χ2n) is 4.71. The monoisotopic (exact) mass is 359 g/mol. The molecule has 0 aliphatic heterocycles. The minimum absolute atomic E-state index is 0. The molecule has 0 aliphatic carbocycles. The van der Waals surface area contributed by atoms with Crippen LogP contribution in [0.3, 0.4) is 0 Å². The number of carboxylic acids is 1. The van der Waals surface area contributed by atoms with E-state index in [1.807, 2.05) is 53.4 Å². The van der Waals surface area contributed by atoms with Crippen LogP contribution in [0.4, 0.5) is 0 Å². The second kappa shape index (κ2) is 7.09. The van der Waals surface area contributed by atoms with Gasteiger partial charge < -0.3 is 22.1 Å². The zero-order valence-electron chi connectivity index (χ0n) is 11.7. The van der Waals surface area contributed by atoms with Gasteiger partial charge in [0.15, 0.2) is 18.9 Å². The van der Waals surface area contributed by atoms with Crippen LogP contribution in [0.2, 0.25) is 0 Å². The average molecular weight is 360 g/mol. The summed E-state index contributed by atoms with van der Waals surface area (Å²) in [7, 11) is 0. The fourth-order valence-corrected chi connectivity index (χ4v) is 2.10. The number of para-hydroxylation sites is 2. The summed E-state index contributed by atoms with van der Waals surface area (Å²) in [6, 6.07) is 11.6. The van der Waals surface area contributed by atoms with E-state index in [0.717, 1.165) is 22.3 Å². The lowest BCUT2D eigenvalue weighted by molar-refractivity contribution is -0.695. The summed E-state index contributed by atoms with van der Waals surface area (Å²) in [5, 5.41) is 8.68. The third-order valence-corrected chi connectivity index (χ3v) is 3.22. The van der Waals surface area contributed by atoms with Gasteiger partial charge in [0.25, 0.3) is 0 Å². The van der Waals surface area contributed by atoms with E-state index in [1.165, 1.54) is 0 Å². The molecule has 0 spiro atoms. The van der Waals surface area contributed by atoms with Crippen molar-refractivity contribution in [2.75, 3.05) is 0 Å². The quantitative estimate of drug-likeness (QED) is 0.611. The second-order valence-corrected chi connectivity index (χ2v) is 4.71. The number of aromatic nitrogens is 3. The summed E-state index contributed by atoms with van der Waals surface area (Å²) >= 11 is 0. The number of halogens is 1. The number of pyridine rings is 1. The summed E-state index contributed by atoms with van der Waals surface area (Å²) in [6.07, 6.45) is 5.57. The number of aryl methyl sites for hydroxylation is 1. The summed E-state index contributed by atoms with van der Waals surface area (Å²) in [5.74, 6) is -0.799. The lowest BCUT2D eigenvalue weighted by atomic mass is 10.2. The summed E-state index contributed by atoms with van der Waals surface area (Å²) < 4.78 is 1.84. The first-order valence-electron chi connectivity index (χ1n) is 6.65. The van der Waals surface area contributed by atoms with Crippen molar-refractivity contribution in [3.63, 3.8) is 0 Å². The third-order valence-electron chi connectivity index (χ3n) is 3.22. The smallest absolute Gasteiger partial charge is 0.309 e. The van der Waals surface area contributed by atoms with E-state index in [1.54, 1.807) is 6.20 Å². The van der Waals surface area contributed by atoms with Crippen molar-refractivity contribution in [1.29, 1.82) is 0 Å². The SMILES string of the molecule is O=C(O)CC[n+]1ccc(-c2cnc3ccccc3n2)cc1.[Br-]. The molecule has 3 aromatic rings. The van der Waals surface area contributed by atoms with Crippen molar-refractivity contribution in [3.05, 3.63) is 55.0 Å². The van der Waals surface area contributed by atoms with Crippen LogP contribution in [-0.4, -0.2) is 21.0 Å². The molecule has 112 valence electrons. The van der Waals surface area contributed by atoms with Crippen LogP contribution in [0.15, 0.2) is 55.0 Å². The lowest BCUT2D eigenvalue weighted by Gasteiger charge is -2.02. The first-order chi connectivity index (χ1) is 10.2. The molecule has 22 heavy (non-hydrogen) atoms. The molecular formula is C16H14BrN3O2. The van der Waals surface area contributed by atoms with E-state index in [4.69, 9.17) is 5.11 Å². The third kappa shape index (κ3) is 3.65. The summed E-state index contributed by atoms with van der Waals surface area (Å²) in [5.41, 5.74) is 3.49. The maximum atomic E-state index is 10.6. The molecule has 1 aromatic carbocycles. The highest BCUT2D eigenvalue weighted by molar-refractivity contribution is 5.76. The lowest BCUT2D eigenvalue weighted by Crippen LogP contribution is -3.00. The average Bonchev–Trinajstić information content (AvgIpc) is 2.53. The molecule has 6 heteroatoms. The summed E-state index contributed by atoms with van der Waals surface area (Å²) in [6.45, 7) is 0.457. The Kier molecular flexibility index (Phi) is 5.16. The Morgan fingerprint density at radius 3 is 2.45 bits per heavy atom. The number of hydrogen-bond donors (Lipinski definition) is 1. The van der Waals surface area contributed by atoms with Gasteiger partial charge in [-0.25, -0.2) is 9.55 Å². The number of nitrogens with zero attached hydrogens (tertiary/aromatic N) is 3. The van der Waals surface area contributed by atoms with E-state index in [0.29, 0.717) is 6.54 Å². The molecule has 0 saturated heterocycles. The first kappa shape index (κ1) is 16.0. The molecule has 2 aromatic heterocycles. The Morgan fingerprint density at radius 2 is 1.77 bits per heavy atom. The molecule has 0 aliphatic rings. The first-order valence-corrected chi connectivity index (χ1v) is 6.65. The zero-order valence-corrected chi connectivity index (χ0v) is 13.3. The number of aliphatic carboxylic acids is 1. The Bertz CT molecular complexity index is 791. The van der Waals surface area contributed by atoms with Gasteiger partial charge in [-0.05, 0) is 12.1 Å².